The summed E-state index contributed by atoms with van der Waals surface area (Å²) in [6.07, 6.45) is 1.49. The van der Waals surface area contributed by atoms with Gasteiger partial charge >= 0.3 is 0 Å². The van der Waals surface area contributed by atoms with Gasteiger partial charge in [-0.05, 0) is 19.1 Å². The Kier molecular flexibility index (Phi) is 3.28. The summed E-state index contributed by atoms with van der Waals surface area (Å²) in [5.74, 6) is 2.71. The maximum atomic E-state index is 4.99. The summed E-state index contributed by atoms with van der Waals surface area (Å²) in [5.41, 5.74) is 0.967. The first kappa shape index (κ1) is 12.2. The van der Waals surface area contributed by atoms with Gasteiger partial charge in [-0.1, -0.05) is 23.4 Å². The van der Waals surface area contributed by atoms with Gasteiger partial charge in [-0.15, -0.1) is 0 Å². The zero-order valence-corrected chi connectivity index (χ0v) is 10.9. The van der Waals surface area contributed by atoms with Crippen molar-refractivity contribution in [3.63, 3.8) is 0 Å². The van der Waals surface area contributed by atoms with E-state index in [1.165, 1.54) is 6.33 Å². The van der Waals surface area contributed by atoms with E-state index in [2.05, 4.69) is 25.8 Å². The Morgan fingerprint density at radius 2 is 1.65 bits per heavy atom. The third-order valence-corrected chi connectivity index (χ3v) is 2.60. The van der Waals surface area contributed by atoms with Gasteiger partial charge in [0.25, 0.3) is 0 Å². The van der Waals surface area contributed by atoms with Crippen molar-refractivity contribution < 1.29 is 4.52 Å². The average Bonchev–Trinajstić information content (AvgIpc) is 2.86. The zero-order chi connectivity index (χ0) is 13.8. The Bertz CT molecular complexity index is 696. The number of nitrogens with one attached hydrogen (secondary N) is 2. The smallest absolute Gasteiger partial charge is 0.175 e. The minimum absolute atomic E-state index is 0.617. The van der Waals surface area contributed by atoms with Crippen LogP contribution in [0.15, 0.2) is 53.3 Å². The molecule has 20 heavy (non-hydrogen) atoms. The Morgan fingerprint density at radius 3 is 2.35 bits per heavy atom. The molecule has 3 rings (SSSR count). The van der Waals surface area contributed by atoms with Crippen LogP contribution in [0.1, 0.15) is 5.76 Å². The molecule has 0 unspecified atom stereocenters. The van der Waals surface area contributed by atoms with E-state index in [-0.39, 0.29) is 0 Å². The van der Waals surface area contributed by atoms with Crippen molar-refractivity contribution >= 4 is 23.1 Å². The number of anilines is 4. The highest BCUT2D eigenvalue weighted by Crippen LogP contribution is 2.18. The third-order valence-electron chi connectivity index (χ3n) is 2.60. The molecule has 2 N–H and O–H groups in total. The number of nitrogens with zero attached hydrogens (tertiary/aromatic N) is 3. The van der Waals surface area contributed by atoms with Crippen molar-refractivity contribution in [3.05, 3.63) is 54.6 Å². The second-order valence-corrected chi connectivity index (χ2v) is 4.23. The Morgan fingerprint density at radius 1 is 0.900 bits per heavy atom. The topological polar surface area (TPSA) is 75.9 Å². The lowest BCUT2D eigenvalue weighted by atomic mass is 10.3. The molecule has 0 bridgehead atoms. The number of rotatable bonds is 4. The minimum Gasteiger partial charge on any atom is -0.360 e. The first-order valence-electron chi connectivity index (χ1n) is 6.14. The Hall–Kier alpha value is -2.89. The predicted octanol–water partition coefficient (Wildman–Crippen LogP) is 3.26. The summed E-state index contributed by atoms with van der Waals surface area (Å²) < 4.78 is 4.99. The van der Waals surface area contributed by atoms with Crippen LogP contribution in [0, 0.1) is 6.92 Å². The highest BCUT2D eigenvalue weighted by Gasteiger charge is 2.03. The van der Waals surface area contributed by atoms with E-state index in [1.54, 1.807) is 12.1 Å². The van der Waals surface area contributed by atoms with E-state index in [9.17, 15) is 0 Å². The second kappa shape index (κ2) is 5.40. The summed E-state index contributed by atoms with van der Waals surface area (Å²) in [6.45, 7) is 1.83. The van der Waals surface area contributed by atoms with Gasteiger partial charge in [0.2, 0.25) is 0 Å². The first-order chi connectivity index (χ1) is 9.79. The van der Waals surface area contributed by atoms with E-state index in [1.807, 2.05) is 37.3 Å². The van der Waals surface area contributed by atoms with Gasteiger partial charge < -0.3 is 15.2 Å². The number of hydrogen-bond donors (Lipinski definition) is 2. The van der Waals surface area contributed by atoms with Gasteiger partial charge in [0, 0.05) is 17.8 Å². The van der Waals surface area contributed by atoms with Gasteiger partial charge in [-0.3, -0.25) is 0 Å². The molecular weight excluding hydrogens is 254 g/mol. The molecule has 0 saturated heterocycles. The first-order valence-corrected chi connectivity index (χ1v) is 6.14. The van der Waals surface area contributed by atoms with Crippen molar-refractivity contribution in [3.8, 4) is 0 Å². The summed E-state index contributed by atoms with van der Waals surface area (Å²) in [7, 11) is 0. The molecule has 0 atom stereocenters. The van der Waals surface area contributed by atoms with Gasteiger partial charge in [0.05, 0.1) is 0 Å². The fourth-order valence-electron chi connectivity index (χ4n) is 1.72. The lowest BCUT2D eigenvalue weighted by Gasteiger charge is -2.06. The SMILES string of the molecule is Cc1cc(Nc2cc(Nc3ccccc3)ncn2)no1. The number of benzene rings is 1. The molecule has 0 amide bonds. The van der Waals surface area contributed by atoms with Crippen LogP contribution in [0.5, 0.6) is 0 Å². The van der Waals surface area contributed by atoms with Crippen molar-refractivity contribution in [1.82, 2.24) is 15.1 Å². The van der Waals surface area contributed by atoms with E-state index >= 15 is 0 Å². The molecule has 2 aromatic heterocycles. The number of aryl methyl sites for hydroxylation is 1. The molecule has 0 spiro atoms. The van der Waals surface area contributed by atoms with Crippen LogP contribution in [0.25, 0.3) is 0 Å². The molecule has 100 valence electrons. The molecule has 3 aromatic rings. The van der Waals surface area contributed by atoms with Crippen molar-refractivity contribution in [2.75, 3.05) is 10.6 Å². The van der Waals surface area contributed by atoms with E-state index in [0.29, 0.717) is 17.5 Å². The quantitative estimate of drug-likeness (QED) is 0.755. The molecule has 6 nitrogen and oxygen atoms in total. The zero-order valence-electron chi connectivity index (χ0n) is 10.9. The molecule has 0 fully saturated rings. The summed E-state index contributed by atoms with van der Waals surface area (Å²) in [4.78, 5) is 8.32. The largest absolute Gasteiger partial charge is 0.360 e. The van der Waals surface area contributed by atoms with Gasteiger partial charge in [-0.25, -0.2) is 9.97 Å². The van der Waals surface area contributed by atoms with Crippen LogP contribution in [0.3, 0.4) is 0 Å². The van der Waals surface area contributed by atoms with Gasteiger partial charge in [-0.2, -0.15) is 0 Å². The molecule has 0 radical (unpaired) electrons. The molecule has 0 aliphatic heterocycles. The lowest BCUT2D eigenvalue weighted by Crippen LogP contribution is -1.98. The van der Waals surface area contributed by atoms with Crippen molar-refractivity contribution in [2.45, 2.75) is 6.92 Å². The van der Waals surface area contributed by atoms with Crippen LogP contribution in [-0.2, 0) is 0 Å². The maximum absolute atomic E-state index is 4.99. The van der Waals surface area contributed by atoms with Crippen LogP contribution < -0.4 is 10.6 Å². The normalized spacial score (nSPS) is 10.2. The average molecular weight is 267 g/mol. The summed E-state index contributed by atoms with van der Waals surface area (Å²) >= 11 is 0. The molecule has 6 heteroatoms. The van der Waals surface area contributed by atoms with Crippen LogP contribution in [0.2, 0.25) is 0 Å². The lowest BCUT2D eigenvalue weighted by molar-refractivity contribution is 0.400. The molecule has 1 aromatic carbocycles. The van der Waals surface area contributed by atoms with E-state index in [4.69, 9.17) is 4.52 Å². The monoisotopic (exact) mass is 267 g/mol. The maximum Gasteiger partial charge on any atom is 0.175 e. The van der Waals surface area contributed by atoms with Crippen LogP contribution in [-0.4, -0.2) is 15.1 Å². The summed E-state index contributed by atoms with van der Waals surface area (Å²) in [5, 5.41) is 10.1. The van der Waals surface area contributed by atoms with Crippen LogP contribution in [0.4, 0.5) is 23.1 Å². The highest BCUT2D eigenvalue weighted by atomic mass is 16.5. The standard InChI is InChI=1S/C14H13N5O/c1-10-7-14(19-20-10)18-13-8-12(15-9-16-13)17-11-5-3-2-4-6-11/h2-9H,1H3,(H2,15,16,17,18,19). The summed E-state index contributed by atoms with van der Waals surface area (Å²) in [6, 6.07) is 13.4. The Labute approximate surface area is 115 Å². The fraction of sp³-hybridized carbons (Fsp3) is 0.0714. The fourth-order valence-corrected chi connectivity index (χ4v) is 1.72. The third kappa shape index (κ3) is 2.92. The van der Waals surface area contributed by atoms with Gasteiger partial charge in [0.1, 0.15) is 23.7 Å². The van der Waals surface area contributed by atoms with E-state index in [0.717, 1.165) is 11.4 Å². The van der Waals surface area contributed by atoms with E-state index < -0.39 is 0 Å². The van der Waals surface area contributed by atoms with Crippen molar-refractivity contribution in [1.29, 1.82) is 0 Å². The minimum atomic E-state index is 0.617. The molecule has 0 saturated carbocycles. The highest BCUT2D eigenvalue weighted by molar-refractivity contribution is 5.61. The predicted molar refractivity (Wildman–Crippen MR) is 76.3 cm³/mol. The molecule has 2 heterocycles. The number of para-hydroxylation sites is 1. The van der Waals surface area contributed by atoms with Crippen LogP contribution >= 0.6 is 0 Å². The number of aromatic nitrogens is 3. The molecule has 0 aliphatic rings. The Balaban J connectivity index is 1.76. The second-order valence-electron chi connectivity index (χ2n) is 4.23. The molecular formula is C14H13N5O. The van der Waals surface area contributed by atoms with Gasteiger partial charge in [0.15, 0.2) is 5.82 Å². The van der Waals surface area contributed by atoms with Crippen molar-refractivity contribution in [2.24, 2.45) is 0 Å². The number of hydrogen-bond acceptors (Lipinski definition) is 6. The molecule has 0 aliphatic carbocycles.